The number of rotatable bonds is 5. The number of H-pyrrole nitrogens is 1. The Bertz CT molecular complexity index is 1220. The topological polar surface area (TPSA) is 102 Å². The number of carbonyl (C=O) groups is 1. The number of ether oxygens (including phenoxy) is 2. The van der Waals surface area contributed by atoms with E-state index >= 15 is 0 Å². The molecule has 2 heterocycles. The second-order valence-electron chi connectivity index (χ2n) is 6.09. The van der Waals surface area contributed by atoms with Crippen LogP contribution in [0.15, 0.2) is 43.0 Å². The minimum Gasteiger partial charge on any atom is -0.495 e. The summed E-state index contributed by atoms with van der Waals surface area (Å²) in [6.45, 7) is 0. The third kappa shape index (κ3) is 3.40. The van der Waals surface area contributed by atoms with Crippen LogP contribution < -0.4 is 14.8 Å². The van der Waals surface area contributed by atoms with Gasteiger partial charge in [-0.15, -0.1) is 0 Å². The first kappa shape index (κ1) is 19.9. The second kappa shape index (κ2) is 8.17. The Hall–Kier alpha value is -3.36. The Morgan fingerprint density at radius 3 is 2.23 bits per heavy atom. The summed E-state index contributed by atoms with van der Waals surface area (Å²) in [5.41, 5.74) is 2.20. The Morgan fingerprint density at radius 2 is 1.63 bits per heavy atom. The third-order valence-electron chi connectivity index (χ3n) is 4.44. The maximum Gasteiger partial charge on any atom is 0.260 e. The molecule has 0 aliphatic heterocycles. The number of methoxy groups -OCH3 is 2. The van der Waals surface area contributed by atoms with Crippen molar-refractivity contribution in [2.75, 3.05) is 19.5 Å². The molecule has 0 unspecified atom stereocenters. The molecule has 2 aromatic heterocycles. The predicted octanol–water partition coefficient (Wildman–Crippen LogP) is 4.60. The van der Waals surface area contributed by atoms with Crippen molar-refractivity contribution >= 4 is 46.1 Å². The van der Waals surface area contributed by atoms with Gasteiger partial charge in [0.25, 0.3) is 5.91 Å². The maximum atomic E-state index is 12.8. The van der Waals surface area contributed by atoms with E-state index in [-0.39, 0.29) is 5.91 Å². The van der Waals surface area contributed by atoms with Crippen molar-refractivity contribution < 1.29 is 14.3 Å². The lowest BCUT2D eigenvalue weighted by Gasteiger charge is -2.16. The molecule has 2 N–H and O–H groups in total. The van der Waals surface area contributed by atoms with Crippen LogP contribution in [0.4, 0.5) is 5.95 Å². The van der Waals surface area contributed by atoms with Crippen LogP contribution in [-0.2, 0) is 0 Å². The number of aromatic nitrogens is 4. The van der Waals surface area contributed by atoms with Crippen LogP contribution in [0.1, 0.15) is 10.4 Å². The SMILES string of the molecule is COc1cc(OC)c(Cl)c(-c2ccc(C(=O)Nc3ncc[nH]3)c3nccnc23)c1Cl. The molecule has 0 spiro atoms. The number of carbonyl (C=O) groups excluding carboxylic acids is 1. The fraction of sp³-hybridized carbons (Fsp3) is 0.100. The summed E-state index contributed by atoms with van der Waals surface area (Å²) < 4.78 is 10.7. The quantitative estimate of drug-likeness (QED) is 0.467. The zero-order chi connectivity index (χ0) is 21.3. The van der Waals surface area contributed by atoms with Crippen LogP contribution >= 0.6 is 23.2 Å². The number of imidazole rings is 1. The van der Waals surface area contributed by atoms with Gasteiger partial charge in [-0.25, -0.2) is 4.98 Å². The molecule has 4 rings (SSSR count). The van der Waals surface area contributed by atoms with Gasteiger partial charge < -0.3 is 14.5 Å². The zero-order valence-corrected chi connectivity index (χ0v) is 17.4. The van der Waals surface area contributed by atoms with Crippen LogP contribution in [-0.4, -0.2) is 40.1 Å². The minimum atomic E-state index is -0.387. The van der Waals surface area contributed by atoms with Crippen LogP contribution in [0.3, 0.4) is 0 Å². The van der Waals surface area contributed by atoms with Gasteiger partial charge in [0.2, 0.25) is 5.95 Å². The van der Waals surface area contributed by atoms with E-state index in [1.165, 1.54) is 32.8 Å². The van der Waals surface area contributed by atoms with E-state index < -0.39 is 0 Å². The van der Waals surface area contributed by atoms with E-state index in [2.05, 4.69) is 25.3 Å². The number of hydrogen-bond acceptors (Lipinski definition) is 6. The lowest BCUT2D eigenvalue weighted by Crippen LogP contribution is -2.14. The lowest BCUT2D eigenvalue weighted by atomic mass is 9.99. The fourth-order valence-corrected chi connectivity index (χ4v) is 3.78. The number of nitrogens with zero attached hydrogens (tertiary/aromatic N) is 3. The van der Waals surface area contributed by atoms with Gasteiger partial charge in [0.1, 0.15) is 17.0 Å². The van der Waals surface area contributed by atoms with E-state index in [0.29, 0.717) is 55.2 Å². The summed E-state index contributed by atoms with van der Waals surface area (Å²) in [6, 6.07) is 4.94. The first-order chi connectivity index (χ1) is 14.5. The van der Waals surface area contributed by atoms with Gasteiger partial charge in [-0.05, 0) is 6.07 Å². The molecule has 30 heavy (non-hydrogen) atoms. The highest BCUT2D eigenvalue weighted by atomic mass is 35.5. The van der Waals surface area contributed by atoms with E-state index in [1.807, 2.05) is 0 Å². The van der Waals surface area contributed by atoms with Gasteiger partial charge in [-0.3, -0.25) is 20.1 Å². The molecule has 10 heteroatoms. The van der Waals surface area contributed by atoms with Gasteiger partial charge in [0.15, 0.2) is 0 Å². The number of anilines is 1. The summed E-state index contributed by atoms with van der Waals surface area (Å²) in [4.78, 5) is 28.4. The predicted molar refractivity (Wildman–Crippen MR) is 115 cm³/mol. The smallest absolute Gasteiger partial charge is 0.260 e. The normalized spacial score (nSPS) is 10.8. The van der Waals surface area contributed by atoms with Crippen molar-refractivity contribution in [1.82, 2.24) is 19.9 Å². The molecular weight excluding hydrogens is 429 g/mol. The second-order valence-corrected chi connectivity index (χ2v) is 6.85. The zero-order valence-electron chi connectivity index (χ0n) is 15.9. The highest BCUT2D eigenvalue weighted by molar-refractivity contribution is 6.41. The number of hydrogen-bond donors (Lipinski definition) is 2. The number of fused-ring (bicyclic) bond motifs is 1. The highest BCUT2D eigenvalue weighted by Gasteiger charge is 2.23. The summed E-state index contributed by atoms with van der Waals surface area (Å²) >= 11 is 13.1. The average molecular weight is 444 g/mol. The Labute approximate surface area is 181 Å². The van der Waals surface area contributed by atoms with E-state index in [9.17, 15) is 4.79 Å². The van der Waals surface area contributed by atoms with Gasteiger partial charge in [0, 0.05) is 42.0 Å². The lowest BCUT2D eigenvalue weighted by molar-refractivity contribution is 0.102. The highest BCUT2D eigenvalue weighted by Crippen LogP contribution is 2.47. The maximum absolute atomic E-state index is 12.8. The van der Waals surface area contributed by atoms with Gasteiger partial charge >= 0.3 is 0 Å². The molecule has 0 bridgehead atoms. The first-order valence-corrected chi connectivity index (χ1v) is 9.45. The summed E-state index contributed by atoms with van der Waals surface area (Å²) in [5.74, 6) is 0.723. The van der Waals surface area contributed by atoms with Crippen molar-refractivity contribution in [3.05, 3.63) is 58.6 Å². The van der Waals surface area contributed by atoms with Gasteiger partial charge in [-0.2, -0.15) is 0 Å². The largest absolute Gasteiger partial charge is 0.495 e. The molecule has 4 aromatic rings. The third-order valence-corrected chi connectivity index (χ3v) is 5.19. The molecule has 2 aromatic carbocycles. The van der Waals surface area contributed by atoms with E-state index in [4.69, 9.17) is 32.7 Å². The van der Waals surface area contributed by atoms with E-state index in [1.54, 1.807) is 24.4 Å². The molecule has 0 saturated carbocycles. The molecule has 0 radical (unpaired) electrons. The van der Waals surface area contributed by atoms with Crippen molar-refractivity contribution in [1.29, 1.82) is 0 Å². The van der Waals surface area contributed by atoms with E-state index in [0.717, 1.165) is 0 Å². The number of benzene rings is 2. The fourth-order valence-electron chi connectivity index (χ4n) is 3.07. The van der Waals surface area contributed by atoms with Crippen molar-refractivity contribution in [3.8, 4) is 22.6 Å². The summed E-state index contributed by atoms with van der Waals surface area (Å²) in [7, 11) is 3.00. The monoisotopic (exact) mass is 443 g/mol. The van der Waals surface area contributed by atoms with Crippen molar-refractivity contribution in [2.24, 2.45) is 0 Å². The Morgan fingerprint density at radius 1 is 0.967 bits per heavy atom. The molecule has 0 aliphatic carbocycles. The molecule has 0 atom stereocenters. The van der Waals surface area contributed by atoms with Crippen LogP contribution in [0.2, 0.25) is 10.0 Å². The van der Waals surface area contributed by atoms with Crippen LogP contribution in [0.25, 0.3) is 22.2 Å². The van der Waals surface area contributed by atoms with Crippen LogP contribution in [0.5, 0.6) is 11.5 Å². The summed E-state index contributed by atoms with van der Waals surface area (Å²) in [5, 5.41) is 3.27. The molecule has 152 valence electrons. The molecule has 0 saturated heterocycles. The Kier molecular flexibility index (Phi) is 5.43. The molecule has 1 amide bonds. The minimum absolute atomic E-state index is 0.294. The van der Waals surface area contributed by atoms with Crippen molar-refractivity contribution in [3.63, 3.8) is 0 Å². The molecule has 0 aliphatic rings. The summed E-state index contributed by atoms with van der Waals surface area (Å²) in [6.07, 6.45) is 6.18. The molecular formula is C20H15Cl2N5O3. The van der Waals surface area contributed by atoms with Gasteiger partial charge in [0.05, 0.1) is 35.3 Å². The first-order valence-electron chi connectivity index (χ1n) is 8.70. The number of amides is 1. The van der Waals surface area contributed by atoms with Crippen molar-refractivity contribution in [2.45, 2.75) is 0 Å². The standard InChI is InChI=1S/C20H15Cl2N5O3/c1-29-12-9-13(30-2)16(22)14(15(12)21)10-3-4-11(18-17(10)23-5-6-24-18)19(28)27-20-25-7-8-26-20/h3-9H,1-2H3,(H2,25,26,27,28). The molecule has 0 fully saturated rings. The van der Waals surface area contributed by atoms with Gasteiger partial charge in [-0.1, -0.05) is 29.3 Å². The number of halogens is 2. The number of nitrogens with one attached hydrogen (secondary N) is 2. The number of aromatic amines is 1. The van der Waals surface area contributed by atoms with Crippen LogP contribution in [0, 0.1) is 0 Å². The Balaban J connectivity index is 1.92. The average Bonchev–Trinajstić information content (AvgIpc) is 3.27. The molecule has 8 nitrogen and oxygen atoms in total.